The number of allylic oxidation sites excluding steroid dienone is 8. The van der Waals surface area contributed by atoms with Gasteiger partial charge in [0.2, 0.25) is 0 Å². The number of aromatic nitrogens is 1. The normalized spacial score (nSPS) is 11.2. The number of terminal acetylenes is 1. The fourth-order valence-electron chi connectivity index (χ4n) is 3.94. The topological polar surface area (TPSA) is 31.1 Å². The van der Waals surface area contributed by atoms with Gasteiger partial charge in [0.05, 0.1) is 5.38 Å². The van der Waals surface area contributed by atoms with Gasteiger partial charge in [-0.3, -0.25) is 0 Å². The molecule has 51 heavy (non-hydrogen) atoms. The Kier molecular flexibility index (Phi) is 30.0. The molecule has 0 aliphatic carbocycles. The van der Waals surface area contributed by atoms with Crippen LogP contribution in [0.5, 0.6) is 0 Å². The molecule has 0 bridgehead atoms. The SMILES string of the molecule is C#C.C/C(Cl)=C\CN/C(C)=C/C(C)Cl.C/C=C\C.C/C=C\C.C=CC.CCc1cc2cc(N(c3cccc(Cl)c3)c3cccc(Cl)c3)ccc2[nH]1. The molecule has 0 fully saturated rings. The van der Waals surface area contributed by atoms with Crippen LogP contribution < -0.4 is 10.2 Å². The quantitative estimate of drug-likeness (QED) is 0.106. The van der Waals surface area contributed by atoms with E-state index in [0.29, 0.717) is 10.0 Å². The molecule has 3 aromatic carbocycles. The second-order valence-corrected chi connectivity index (χ2v) is 12.8. The van der Waals surface area contributed by atoms with Crippen molar-refractivity contribution in [3.05, 3.63) is 148 Å². The number of halogens is 4. The first kappa shape index (κ1) is 49.3. The van der Waals surface area contributed by atoms with Crippen molar-refractivity contribution >= 4 is 74.4 Å². The van der Waals surface area contributed by atoms with E-state index in [1.54, 1.807) is 6.08 Å². The van der Waals surface area contributed by atoms with Crippen molar-refractivity contribution < 1.29 is 0 Å². The zero-order valence-corrected chi connectivity index (χ0v) is 34.8. The van der Waals surface area contributed by atoms with Gasteiger partial charge in [-0.05, 0) is 129 Å². The first-order valence-electron chi connectivity index (χ1n) is 16.8. The summed E-state index contributed by atoms with van der Waals surface area (Å²) < 4.78 is 0. The lowest BCUT2D eigenvalue weighted by Gasteiger charge is -2.25. The standard InChI is InChI=1S/C22H18Cl2N2.C9H15Cl2N.2C4H8.C3H6.C2H2/c1-2-18-11-15-12-21(9-10-22(15)25-18)26(19-7-3-5-16(23)13-19)20-8-4-6-17(24)14-20;1-7(10)4-5-12-9(3)6-8(2)11;2*1-3-4-2;1-3-2;1-2/h3-14,25H,2H2,1H3;4,6,8,12H,5H2,1-3H3;2*3-4H,1-2H3;3H,1H2,2H3;1-2H/b;7-4+,9-6+;2*4-3-;;. The summed E-state index contributed by atoms with van der Waals surface area (Å²) in [7, 11) is 0. The van der Waals surface area contributed by atoms with Gasteiger partial charge >= 0.3 is 0 Å². The van der Waals surface area contributed by atoms with Crippen LogP contribution >= 0.6 is 46.4 Å². The summed E-state index contributed by atoms with van der Waals surface area (Å²) in [5.41, 5.74) is 6.49. The fraction of sp³-hybridized carbons (Fsp3) is 0.273. The third-order valence-corrected chi connectivity index (χ3v) is 7.09. The van der Waals surface area contributed by atoms with Crippen molar-refractivity contribution in [2.45, 2.75) is 74.1 Å². The highest BCUT2D eigenvalue weighted by Crippen LogP contribution is 2.37. The zero-order chi connectivity index (χ0) is 39.2. The van der Waals surface area contributed by atoms with Crippen LogP contribution in [-0.2, 0) is 6.42 Å². The Labute approximate surface area is 329 Å². The van der Waals surface area contributed by atoms with Crippen molar-refractivity contribution in [2.24, 2.45) is 0 Å². The fourth-order valence-corrected chi connectivity index (χ4v) is 4.58. The minimum absolute atomic E-state index is 0.0681. The maximum atomic E-state index is 6.25. The number of anilines is 3. The summed E-state index contributed by atoms with van der Waals surface area (Å²) in [6, 6.07) is 24.3. The summed E-state index contributed by atoms with van der Waals surface area (Å²) in [4.78, 5) is 5.61. The first-order chi connectivity index (χ1) is 24.4. The van der Waals surface area contributed by atoms with Crippen molar-refractivity contribution in [3.63, 3.8) is 0 Å². The number of fused-ring (bicyclic) bond motifs is 1. The van der Waals surface area contributed by atoms with Gasteiger partial charge in [-0.15, -0.1) is 31.0 Å². The number of benzene rings is 3. The van der Waals surface area contributed by atoms with E-state index >= 15 is 0 Å². The van der Waals surface area contributed by atoms with Crippen molar-refractivity contribution in [1.82, 2.24) is 10.3 Å². The highest BCUT2D eigenvalue weighted by Gasteiger charge is 2.14. The number of hydrogen-bond donors (Lipinski definition) is 2. The van der Waals surface area contributed by atoms with E-state index in [1.165, 1.54) is 11.1 Å². The summed E-state index contributed by atoms with van der Waals surface area (Å²) in [5, 5.41) is 6.62. The van der Waals surface area contributed by atoms with Crippen LogP contribution in [0.2, 0.25) is 10.0 Å². The second kappa shape index (κ2) is 31.0. The number of aryl methyl sites for hydroxylation is 1. The minimum atomic E-state index is 0.0681. The van der Waals surface area contributed by atoms with E-state index < -0.39 is 0 Å². The number of aromatic amines is 1. The summed E-state index contributed by atoms with van der Waals surface area (Å²) in [5.74, 6) is 0. The number of rotatable bonds is 8. The number of nitrogens with zero attached hydrogens (tertiary/aromatic N) is 1. The van der Waals surface area contributed by atoms with Crippen LogP contribution in [0, 0.1) is 12.8 Å². The molecule has 4 aromatic rings. The monoisotopic (exact) mass is 767 g/mol. The minimum Gasteiger partial charge on any atom is -0.385 e. The molecule has 1 aromatic heterocycles. The molecule has 0 aliphatic rings. The number of H-pyrrole nitrogens is 1. The van der Waals surface area contributed by atoms with Crippen LogP contribution in [-0.4, -0.2) is 16.9 Å². The average molecular weight is 770 g/mol. The molecular formula is C44H57Cl4N3. The Balaban J connectivity index is 0. The van der Waals surface area contributed by atoms with Crippen molar-refractivity contribution in [3.8, 4) is 12.8 Å². The van der Waals surface area contributed by atoms with E-state index in [9.17, 15) is 0 Å². The van der Waals surface area contributed by atoms with Crippen LogP contribution in [0.4, 0.5) is 17.1 Å². The van der Waals surface area contributed by atoms with E-state index in [2.05, 4.69) is 65.8 Å². The predicted octanol–water partition coefficient (Wildman–Crippen LogP) is 15.4. The van der Waals surface area contributed by atoms with Gasteiger partial charge in [-0.25, -0.2) is 0 Å². The average Bonchev–Trinajstić information content (AvgIpc) is 3.53. The maximum Gasteiger partial charge on any atom is 0.0507 e. The lowest BCUT2D eigenvalue weighted by Crippen LogP contribution is -2.11. The van der Waals surface area contributed by atoms with E-state index in [1.807, 2.05) is 140 Å². The molecule has 1 heterocycles. The van der Waals surface area contributed by atoms with Crippen molar-refractivity contribution in [2.75, 3.05) is 11.4 Å². The highest BCUT2D eigenvalue weighted by atomic mass is 35.5. The Hall–Kier alpha value is -3.78. The van der Waals surface area contributed by atoms with Crippen LogP contribution in [0.25, 0.3) is 10.9 Å². The molecule has 1 atom stereocenters. The molecule has 4 rings (SSSR count). The van der Waals surface area contributed by atoms with Gasteiger partial charge in [0.25, 0.3) is 0 Å². The largest absolute Gasteiger partial charge is 0.385 e. The van der Waals surface area contributed by atoms with Crippen LogP contribution in [0.15, 0.2) is 133 Å². The van der Waals surface area contributed by atoms with Crippen molar-refractivity contribution in [1.29, 1.82) is 0 Å². The van der Waals surface area contributed by atoms with Crippen LogP contribution in [0.3, 0.4) is 0 Å². The molecule has 0 saturated heterocycles. The van der Waals surface area contributed by atoms with E-state index in [4.69, 9.17) is 46.4 Å². The molecule has 7 heteroatoms. The first-order valence-corrected chi connectivity index (χ1v) is 18.3. The van der Waals surface area contributed by atoms with Crippen LogP contribution in [0.1, 0.15) is 68.0 Å². The van der Waals surface area contributed by atoms with Gasteiger partial charge in [0, 0.05) is 61.0 Å². The Morgan fingerprint density at radius 3 is 1.69 bits per heavy atom. The molecule has 1 unspecified atom stereocenters. The molecular weight excluding hydrogens is 712 g/mol. The molecule has 0 spiro atoms. The van der Waals surface area contributed by atoms with Gasteiger partial charge in [0.1, 0.15) is 0 Å². The smallest absolute Gasteiger partial charge is 0.0507 e. The highest BCUT2D eigenvalue weighted by molar-refractivity contribution is 6.31. The lowest BCUT2D eigenvalue weighted by atomic mass is 10.1. The lowest BCUT2D eigenvalue weighted by molar-refractivity contribution is 0.890. The van der Waals surface area contributed by atoms with Gasteiger partial charge in [-0.1, -0.05) is 90.3 Å². The van der Waals surface area contributed by atoms with Gasteiger partial charge in [-0.2, -0.15) is 0 Å². The van der Waals surface area contributed by atoms with Gasteiger partial charge in [0.15, 0.2) is 0 Å². The molecule has 2 N–H and O–H groups in total. The molecule has 276 valence electrons. The third-order valence-electron chi connectivity index (χ3n) is 6.34. The number of hydrogen-bond acceptors (Lipinski definition) is 2. The van der Waals surface area contributed by atoms with E-state index in [-0.39, 0.29) is 5.38 Å². The van der Waals surface area contributed by atoms with E-state index in [0.717, 1.165) is 46.3 Å². The second-order valence-electron chi connectivity index (χ2n) is 10.7. The summed E-state index contributed by atoms with van der Waals surface area (Å²) >= 11 is 23.9. The predicted molar refractivity (Wildman–Crippen MR) is 236 cm³/mol. The van der Waals surface area contributed by atoms with Gasteiger partial charge < -0.3 is 15.2 Å². The summed E-state index contributed by atoms with van der Waals surface area (Å²) in [6.07, 6.45) is 22.6. The Bertz CT molecular complexity index is 1590. The molecule has 0 radical (unpaired) electrons. The summed E-state index contributed by atoms with van der Waals surface area (Å²) in [6.45, 7) is 21.9. The maximum absolute atomic E-state index is 6.25. The molecule has 0 amide bonds. The third kappa shape index (κ3) is 22.6. The number of alkyl halides is 1. The Morgan fingerprint density at radius 2 is 1.29 bits per heavy atom. The number of nitrogens with one attached hydrogen (secondary N) is 2. The molecule has 0 aliphatic heterocycles. The molecule has 0 saturated carbocycles. The zero-order valence-electron chi connectivity index (χ0n) is 31.8. The molecule has 3 nitrogen and oxygen atoms in total. The Morgan fingerprint density at radius 1 is 0.824 bits per heavy atom.